The van der Waals surface area contributed by atoms with Crippen LogP contribution < -0.4 is 0 Å². The van der Waals surface area contributed by atoms with Crippen LogP contribution in [-0.4, -0.2) is 30.7 Å². The van der Waals surface area contributed by atoms with Crippen LogP contribution >= 0.6 is 0 Å². The van der Waals surface area contributed by atoms with E-state index >= 15 is 0 Å². The number of ether oxygens (including phenoxy) is 1. The van der Waals surface area contributed by atoms with Gasteiger partial charge < -0.3 is 9.84 Å². The molecule has 6 nitrogen and oxygen atoms in total. The van der Waals surface area contributed by atoms with Gasteiger partial charge in [-0.15, -0.1) is 0 Å². The number of carbonyl (C=O) groups excluding carboxylic acids is 1. The molecule has 0 aliphatic heterocycles. The number of esters is 1. The van der Waals surface area contributed by atoms with Crippen molar-refractivity contribution in [2.45, 2.75) is 6.92 Å². The van der Waals surface area contributed by atoms with Crippen LogP contribution in [0.5, 0.6) is 0 Å². The lowest BCUT2D eigenvalue weighted by molar-refractivity contribution is -0.132. The number of carboxylic acids is 1. The number of methoxy groups -OCH3 is 1. The molecule has 100 valence electrons. The number of aryl methyl sites for hydroxylation is 1. The number of hydrogen-bond acceptors (Lipinski definition) is 5. The topological polar surface area (TPSA) is 93.0 Å². The Morgan fingerprint density at radius 3 is 2.63 bits per heavy atom. The first-order chi connectivity index (χ1) is 8.99. The lowest BCUT2D eigenvalue weighted by atomic mass is 10.0. The third-order valence-electron chi connectivity index (χ3n) is 2.54. The van der Waals surface area contributed by atoms with E-state index in [4.69, 9.17) is 5.11 Å². The zero-order valence-corrected chi connectivity index (χ0v) is 10.5. The lowest BCUT2D eigenvalue weighted by Gasteiger charge is -2.05. The number of carboxylic acid groups (broad SMARTS) is 1. The summed E-state index contributed by atoms with van der Waals surface area (Å²) in [7, 11) is 1.26. The number of aliphatic carboxylic acids is 1. The third kappa shape index (κ3) is 3.74. The molecule has 0 atom stereocenters. The van der Waals surface area contributed by atoms with E-state index in [-0.39, 0.29) is 5.57 Å². The molecule has 0 radical (unpaired) electrons. The second-order valence-electron chi connectivity index (χ2n) is 3.82. The van der Waals surface area contributed by atoms with Gasteiger partial charge >= 0.3 is 11.9 Å². The Balaban J connectivity index is 3.24. The minimum Gasteiger partial charge on any atom is -0.478 e. The normalized spacial score (nSPS) is 10.9. The summed E-state index contributed by atoms with van der Waals surface area (Å²) in [5, 5.41) is 11.5. The molecule has 0 saturated carbocycles. The van der Waals surface area contributed by atoms with Crippen LogP contribution in [0.2, 0.25) is 0 Å². The molecular weight excluding hydrogens is 250 g/mol. The van der Waals surface area contributed by atoms with Crippen molar-refractivity contribution in [1.29, 1.82) is 0 Å². The van der Waals surface area contributed by atoms with Crippen LogP contribution in [0.25, 0.3) is 6.08 Å². The van der Waals surface area contributed by atoms with Gasteiger partial charge in [-0.1, -0.05) is 11.2 Å². The monoisotopic (exact) mass is 263 g/mol. The molecule has 0 aromatic heterocycles. The van der Waals surface area contributed by atoms with E-state index in [1.165, 1.54) is 19.3 Å². The summed E-state index contributed by atoms with van der Waals surface area (Å²) in [5.74, 6) is -1.73. The fourth-order valence-corrected chi connectivity index (χ4v) is 1.47. The van der Waals surface area contributed by atoms with Gasteiger partial charge in [0.1, 0.15) is 6.54 Å². The molecule has 0 aliphatic rings. The van der Waals surface area contributed by atoms with Crippen molar-refractivity contribution in [3.05, 3.63) is 45.4 Å². The molecule has 0 heterocycles. The molecule has 0 amide bonds. The SMILES string of the molecule is COC(=O)c1ccc(C)c(/C=C(\CN=O)C(=O)O)c1. The van der Waals surface area contributed by atoms with Crippen molar-refractivity contribution in [1.82, 2.24) is 0 Å². The first-order valence-corrected chi connectivity index (χ1v) is 5.41. The lowest BCUT2D eigenvalue weighted by Crippen LogP contribution is -2.05. The molecule has 0 aliphatic carbocycles. The van der Waals surface area contributed by atoms with Crippen LogP contribution in [0.1, 0.15) is 21.5 Å². The van der Waals surface area contributed by atoms with Gasteiger partial charge in [-0.05, 0) is 36.3 Å². The molecule has 0 saturated heterocycles. The van der Waals surface area contributed by atoms with Crippen molar-refractivity contribution in [2.24, 2.45) is 5.18 Å². The molecule has 1 aromatic rings. The maximum Gasteiger partial charge on any atom is 0.337 e. The van der Waals surface area contributed by atoms with Gasteiger partial charge in [-0.3, -0.25) is 0 Å². The Morgan fingerprint density at radius 1 is 1.42 bits per heavy atom. The van der Waals surface area contributed by atoms with Gasteiger partial charge in [0, 0.05) is 0 Å². The summed E-state index contributed by atoms with van der Waals surface area (Å²) in [6, 6.07) is 4.76. The first-order valence-electron chi connectivity index (χ1n) is 5.41. The quantitative estimate of drug-likeness (QED) is 0.498. The maximum atomic E-state index is 11.4. The van der Waals surface area contributed by atoms with E-state index in [1.807, 2.05) is 0 Å². The zero-order valence-electron chi connectivity index (χ0n) is 10.5. The Bertz CT molecular complexity index is 548. The molecule has 0 spiro atoms. The van der Waals surface area contributed by atoms with Crippen molar-refractivity contribution in [3.63, 3.8) is 0 Å². The van der Waals surface area contributed by atoms with Gasteiger partial charge in [0.15, 0.2) is 0 Å². The number of hydrogen-bond donors (Lipinski definition) is 1. The Labute approximate surface area is 109 Å². The van der Waals surface area contributed by atoms with E-state index in [2.05, 4.69) is 9.91 Å². The summed E-state index contributed by atoms with van der Waals surface area (Å²) < 4.78 is 4.59. The highest BCUT2D eigenvalue weighted by molar-refractivity contribution is 5.94. The minimum atomic E-state index is -1.22. The second kappa shape index (κ2) is 6.44. The van der Waals surface area contributed by atoms with E-state index < -0.39 is 18.5 Å². The number of nitroso groups, excluding NO2 is 1. The van der Waals surface area contributed by atoms with Gasteiger partial charge in [0.25, 0.3) is 0 Å². The van der Waals surface area contributed by atoms with E-state index in [0.29, 0.717) is 11.1 Å². The largest absolute Gasteiger partial charge is 0.478 e. The van der Waals surface area contributed by atoms with Gasteiger partial charge in [0.05, 0.1) is 18.2 Å². The highest BCUT2D eigenvalue weighted by Gasteiger charge is 2.11. The minimum absolute atomic E-state index is 0.139. The van der Waals surface area contributed by atoms with Gasteiger partial charge in [-0.2, -0.15) is 4.91 Å². The standard InChI is InChI=1S/C13H13NO5/c1-8-3-4-9(13(17)19-2)5-10(8)6-11(7-14-18)12(15)16/h3-6H,7H2,1-2H3,(H,15,16)/b11-6+. The van der Waals surface area contributed by atoms with Crippen LogP contribution in [0.4, 0.5) is 0 Å². The molecule has 6 heteroatoms. The summed E-state index contributed by atoms with van der Waals surface area (Å²) in [6.45, 7) is 1.33. The van der Waals surface area contributed by atoms with Crippen LogP contribution in [0.15, 0.2) is 28.9 Å². The number of nitrogens with zero attached hydrogens (tertiary/aromatic N) is 1. The highest BCUT2D eigenvalue weighted by atomic mass is 16.5. The third-order valence-corrected chi connectivity index (χ3v) is 2.54. The molecule has 19 heavy (non-hydrogen) atoms. The van der Waals surface area contributed by atoms with Crippen molar-refractivity contribution in [3.8, 4) is 0 Å². The molecule has 1 aromatic carbocycles. The number of rotatable bonds is 5. The van der Waals surface area contributed by atoms with Gasteiger partial charge in [-0.25, -0.2) is 9.59 Å². The number of carbonyl (C=O) groups is 2. The summed E-state index contributed by atoms with van der Waals surface area (Å²) in [5.41, 5.74) is 1.48. The van der Waals surface area contributed by atoms with Crippen molar-refractivity contribution in [2.75, 3.05) is 13.7 Å². The van der Waals surface area contributed by atoms with E-state index in [1.54, 1.807) is 19.1 Å². The average Bonchev–Trinajstić information content (AvgIpc) is 2.39. The fraction of sp³-hybridized carbons (Fsp3) is 0.231. The summed E-state index contributed by atoms with van der Waals surface area (Å²) in [6.07, 6.45) is 1.32. The molecule has 0 unspecified atom stereocenters. The highest BCUT2D eigenvalue weighted by Crippen LogP contribution is 2.16. The number of benzene rings is 1. The van der Waals surface area contributed by atoms with E-state index in [0.717, 1.165) is 5.56 Å². The predicted molar refractivity (Wildman–Crippen MR) is 68.8 cm³/mol. The smallest absolute Gasteiger partial charge is 0.337 e. The molecular formula is C13H13NO5. The Morgan fingerprint density at radius 2 is 2.11 bits per heavy atom. The second-order valence-corrected chi connectivity index (χ2v) is 3.82. The average molecular weight is 263 g/mol. The first kappa shape index (κ1) is 14.6. The van der Waals surface area contributed by atoms with Crippen LogP contribution in [0, 0.1) is 11.8 Å². The Hall–Kier alpha value is -2.50. The maximum absolute atomic E-state index is 11.4. The summed E-state index contributed by atoms with van der Waals surface area (Å²) in [4.78, 5) is 32.5. The van der Waals surface area contributed by atoms with Gasteiger partial charge in [0.2, 0.25) is 0 Å². The van der Waals surface area contributed by atoms with Crippen LogP contribution in [-0.2, 0) is 9.53 Å². The molecule has 1 N–H and O–H groups in total. The Kier molecular flexibility index (Phi) is 4.93. The fourth-order valence-electron chi connectivity index (χ4n) is 1.47. The predicted octanol–water partition coefficient (Wildman–Crippen LogP) is 2.02. The van der Waals surface area contributed by atoms with Crippen molar-refractivity contribution < 1.29 is 19.4 Å². The van der Waals surface area contributed by atoms with Crippen LogP contribution in [0.3, 0.4) is 0 Å². The summed E-state index contributed by atoms with van der Waals surface area (Å²) >= 11 is 0. The molecule has 1 rings (SSSR count). The molecule has 0 fully saturated rings. The van der Waals surface area contributed by atoms with Crippen molar-refractivity contribution >= 4 is 18.0 Å². The van der Waals surface area contributed by atoms with E-state index in [9.17, 15) is 14.5 Å². The molecule has 0 bridgehead atoms. The zero-order chi connectivity index (χ0) is 14.4.